The number of aliphatic hydroxyl groups excluding tert-OH is 1. The summed E-state index contributed by atoms with van der Waals surface area (Å²) in [6, 6.07) is 14.6. The van der Waals surface area contributed by atoms with E-state index < -0.39 is 12.0 Å². The van der Waals surface area contributed by atoms with Gasteiger partial charge < -0.3 is 29.9 Å². The Kier molecular flexibility index (Phi) is 12.9. The van der Waals surface area contributed by atoms with Crippen molar-refractivity contribution in [2.24, 2.45) is 5.92 Å². The van der Waals surface area contributed by atoms with E-state index in [2.05, 4.69) is 15.2 Å². The van der Waals surface area contributed by atoms with Crippen LogP contribution in [-0.4, -0.2) is 94.4 Å². The number of hydrogen-bond acceptors (Lipinski definition) is 8. The Labute approximate surface area is 276 Å². The highest BCUT2D eigenvalue weighted by Gasteiger charge is 2.30. The summed E-state index contributed by atoms with van der Waals surface area (Å²) >= 11 is 0. The summed E-state index contributed by atoms with van der Waals surface area (Å²) in [4.78, 5) is 46.2. The predicted octanol–water partition coefficient (Wildman–Crippen LogP) is 4.96. The van der Waals surface area contributed by atoms with Crippen molar-refractivity contribution >= 4 is 23.5 Å². The number of aromatic carboxylic acids is 1. The van der Waals surface area contributed by atoms with Crippen molar-refractivity contribution in [2.75, 3.05) is 38.7 Å². The van der Waals surface area contributed by atoms with Crippen molar-refractivity contribution in [1.82, 2.24) is 14.8 Å². The highest BCUT2D eigenvalue weighted by molar-refractivity contribution is 6.05. The zero-order valence-corrected chi connectivity index (χ0v) is 27.6. The minimum atomic E-state index is -0.961. The first kappa shape index (κ1) is 35.5. The SMILES string of the molecule is C[C@@H]1CN([C@H](C)CO)C(=O)c2cc(NC(=O)c3ccncc3)ccc2O[C@@H](C)CCCCO[C@H]1CN(C)Cc1ccc(C(=O)O)cc1. The van der Waals surface area contributed by atoms with Crippen LogP contribution in [-0.2, 0) is 11.3 Å². The number of anilines is 1. The fraction of sp³-hybridized carbons (Fsp3) is 0.444. The summed E-state index contributed by atoms with van der Waals surface area (Å²) in [5, 5.41) is 22.3. The van der Waals surface area contributed by atoms with Gasteiger partial charge in [0, 0.05) is 55.8 Å². The molecule has 3 N–H and O–H groups in total. The van der Waals surface area contributed by atoms with Crippen molar-refractivity contribution < 1.29 is 34.1 Å². The molecule has 0 saturated heterocycles. The minimum absolute atomic E-state index is 0.106. The molecular weight excluding hydrogens is 600 g/mol. The third-order valence-corrected chi connectivity index (χ3v) is 8.40. The van der Waals surface area contributed by atoms with E-state index in [0.29, 0.717) is 48.8 Å². The Morgan fingerprint density at radius 3 is 2.47 bits per heavy atom. The normalized spacial score (nSPS) is 20.1. The highest BCUT2D eigenvalue weighted by Crippen LogP contribution is 2.29. The molecule has 3 aromatic rings. The zero-order valence-electron chi connectivity index (χ0n) is 27.6. The quantitative estimate of drug-likeness (QED) is 0.294. The van der Waals surface area contributed by atoms with Crippen LogP contribution in [0.3, 0.4) is 0 Å². The van der Waals surface area contributed by atoms with Crippen LogP contribution in [0, 0.1) is 5.92 Å². The number of carboxylic acids is 1. The molecule has 252 valence electrons. The average molecular weight is 647 g/mol. The number of hydrogen-bond donors (Lipinski definition) is 3. The maximum absolute atomic E-state index is 14.3. The summed E-state index contributed by atoms with van der Waals surface area (Å²) in [7, 11) is 1.99. The van der Waals surface area contributed by atoms with Gasteiger partial charge in [-0.3, -0.25) is 19.5 Å². The summed E-state index contributed by atoms with van der Waals surface area (Å²) in [5.41, 5.74) is 2.41. The topological polar surface area (TPSA) is 142 Å². The van der Waals surface area contributed by atoms with Gasteiger partial charge in [-0.25, -0.2) is 4.79 Å². The van der Waals surface area contributed by atoms with E-state index in [0.717, 1.165) is 24.8 Å². The molecule has 4 rings (SSSR count). The lowest BCUT2D eigenvalue weighted by Gasteiger charge is -2.36. The van der Waals surface area contributed by atoms with Crippen LogP contribution < -0.4 is 10.1 Å². The molecule has 1 aromatic heterocycles. The van der Waals surface area contributed by atoms with Crippen molar-refractivity contribution in [3.63, 3.8) is 0 Å². The van der Waals surface area contributed by atoms with Crippen LogP contribution >= 0.6 is 0 Å². The van der Waals surface area contributed by atoms with E-state index in [1.165, 1.54) is 0 Å². The van der Waals surface area contributed by atoms with Crippen LogP contribution in [0.25, 0.3) is 0 Å². The molecule has 1 aliphatic heterocycles. The molecule has 0 saturated carbocycles. The lowest BCUT2D eigenvalue weighted by atomic mass is 10.0. The summed E-state index contributed by atoms with van der Waals surface area (Å²) < 4.78 is 12.7. The van der Waals surface area contributed by atoms with Gasteiger partial charge in [0.25, 0.3) is 11.8 Å². The third-order valence-electron chi connectivity index (χ3n) is 8.40. The first-order valence-electron chi connectivity index (χ1n) is 16.1. The molecule has 2 heterocycles. The Morgan fingerprint density at radius 1 is 1.06 bits per heavy atom. The van der Waals surface area contributed by atoms with Gasteiger partial charge in [0.05, 0.1) is 36.0 Å². The van der Waals surface area contributed by atoms with Gasteiger partial charge in [-0.1, -0.05) is 19.1 Å². The number of rotatable bonds is 9. The number of aromatic nitrogens is 1. The molecule has 11 heteroatoms. The molecule has 0 bridgehead atoms. The Balaban J connectivity index is 1.59. The lowest BCUT2D eigenvalue weighted by Crippen LogP contribution is -2.47. The molecule has 2 aromatic carbocycles. The van der Waals surface area contributed by atoms with E-state index in [-0.39, 0.29) is 42.1 Å². The summed E-state index contributed by atoms with van der Waals surface area (Å²) in [6.45, 7) is 7.63. The van der Waals surface area contributed by atoms with Crippen LogP contribution in [0.1, 0.15) is 76.7 Å². The van der Waals surface area contributed by atoms with E-state index in [1.54, 1.807) is 66.7 Å². The van der Waals surface area contributed by atoms with Crippen molar-refractivity contribution in [2.45, 2.75) is 64.8 Å². The number of aliphatic hydroxyl groups is 1. The number of benzene rings is 2. The monoisotopic (exact) mass is 646 g/mol. The Hall–Kier alpha value is -4.32. The molecule has 4 atom stereocenters. The third kappa shape index (κ3) is 10.1. The molecule has 0 spiro atoms. The number of pyridine rings is 1. The predicted molar refractivity (Wildman–Crippen MR) is 179 cm³/mol. The second-order valence-electron chi connectivity index (χ2n) is 12.4. The zero-order chi connectivity index (χ0) is 33.9. The van der Waals surface area contributed by atoms with Crippen molar-refractivity contribution in [1.29, 1.82) is 0 Å². The number of likely N-dealkylation sites (N-methyl/N-ethyl adjacent to an activating group) is 1. The smallest absolute Gasteiger partial charge is 0.335 e. The first-order chi connectivity index (χ1) is 22.5. The van der Waals surface area contributed by atoms with Gasteiger partial charge in [0.15, 0.2) is 0 Å². The molecule has 2 amide bonds. The molecule has 0 unspecified atom stereocenters. The maximum atomic E-state index is 14.3. The molecule has 0 fully saturated rings. The second kappa shape index (κ2) is 17.0. The van der Waals surface area contributed by atoms with Crippen LogP contribution in [0.4, 0.5) is 5.69 Å². The fourth-order valence-corrected chi connectivity index (χ4v) is 5.61. The molecule has 0 aliphatic carbocycles. The lowest BCUT2D eigenvalue weighted by molar-refractivity contribution is -0.0177. The summed E-state index contributed by atoms with van der Waals surface area (Å²) in [5.74, 6) is -1.29. The molecule has 47 heavy (non-hydrogen) atoms. The van der Waals surface area contributed by atoms with Crippen molar-refractivity contribution in [3.8, 4) is 5.75 Å². The van der Waals surface area contributed by atoms with Crippen LogP contribution in [0.2, 0.25) is 0 Å². The van der Waals surface area contributed by atoms with Crippen LogP contribution in [0.5, 0.6) is 5.75 Å². The minimum Gasteiger partial charge on any atom is -0.490 e. The van der Waals surface area contributed by atoms with Gasteiger partial charge in [-0.2, -0.15) is 0 Å². The number of amides is 2. The van der Waals surface area contributed by atoms with E-state index in [4.69, 9.17) is 9.47 Å². The van der Waals surface area contributed by atoms with Gasteiger partial charge >= 0.3 is 5.97 Å². The summed E-state index contributed by atoms with van der Waals surface area (Å²) in [6.07, 6.45) is 5.19. The van der Waals surface area contributed by atoms with Gasteiger partial charge in [-0.05, 0) is 88.2 Å². The number of carboxylic acid groups (broad SMARTS) is 1. The Morgan fingerprint density at radius 2 is 1.79 bits per heavy atom. The number of carbonyl (C=O) groups is 3. The average Bonchev–Trinajstić information content (AvgIpc) is 3.06. The first-order valence-corrected chi connectivity index (χ1v) is 16.1. The Bertz CT molecular complexity index is 1480. The largest absolute Gasteiger partial charge is 0.490 e. The number of carbonyl (C=O) groups excluding carboxylic acids is 2. The standard InChI is InChI=1S/C36H46N4O7/c1-24-20-40(25(2)23-41)35(43)31-19-30(38-34(42)28-14-16-37-17-15-28)12-13-32(31)47-26(3)7-5-6-18-46-33(24)22-39(4)21-27-8-10-29(11-9-27)36(44)45/h8-17,19,24-26,33,41H,5-7,18,20-23H2,1-4H3,(H,38,42)(H,44,45)/t24-,25-,26+,33+/m1/s1. The van der Waals surface area contributed by atoms with Crippen molar-refractivity contribution in [3.05, 3.63) is 89.2 Å². The number of ether oxygens (including phenoxy) is 2. The fourth-order valence-electron chi connectivity index (χ4n) is 5.61. The number of nitrogens with one attached hydrogen (secondary N) is 1. The van der Waals surface area contributed by atoms with Gasteiger partial charge in [0.2, 0.25) is 0 Å². The number of nitrogens with zero attached hydrogens (tertiary/aromatic N) is 3. The van der Waals surface area contributed by atoms with E-state index in [1.807, 2.05) is 33.0 Å². The second-order valence-corrected chi connectivity index (χ2v) is 12.4. The maximum Gasteiger partial charge on any atom is 0.335 e. The molecule has 11 nitrogen and oxygen atoms in total. The molecule has 1 aliphatic rings. The molecule has 0 radical (unpaired) electrons. The van der Waals surface area contributed by atoms with Gasteiger partial charge in [0.1, 0.15) is 5.75 Å². The molecular formula is C36H46N4O7. The van der Waals surface area contributed by atoms with Crippen LogP contribution in [0.15, 0.2) is 67.0 Å². The number of fused-ring (bicyclic) bond motifs is 1. The van der Waals surface area contributed by atoms with E-state index in [9.17, 15) is 24.6 Å². The highest BCUT2D eigenvalue weighted by atomic mass is 16.5. The van der Waals surface area contributed by atoms with E-state index >= 15 is 0 Å². The van der Waals surface area contributed by atoms with Gasteiger partial charge in [-0.15, -0.1) is 0 Å².